The molecular formula is C18H21N5O3. The van der Waals surface area contributed by atoms with E-state index in [2.05, 4.69) is 15.2 Å². The summed E-state index contributed by atoms with van der Waals surface area (Å²) in [7, 11) is 1.54. The SMILES string of the molecule is COc1cc(CCC(=O)N2CCC(c3ccnc4ccnn34)CC2)on1. The molecule has 1 fully saturated rings. The summed E-state index contributed by atoms with van der Waals surface area (Å²) in [4.78, 5) is 18.7. The van der Waals surface area contributed by atoms with Gasteiger partial charge in [0.05, 0.1) is 13.3 Å². The number of aryl methyl sites for hydroxylation is 1. The summed E-state index contributed by atoms with van der Waals surface area (Å²) in [5, 5.41) is 8.12. The van der Waals surface area contributed by atoms with E-state index in [1.807, 2.05) is 27.7 Å². The Morgan fingerprint density at radius 3 is 2.92 bits per heavy atom. The molecule has 0 atom stereocenters. The molecule has 0 N–H and O–H groups in total. The average Bonchev–Trinajstić information content (AvgIpc) is 3.35. The van der Waals surface area contributed by atoms with Crippen LogP contribution in [0.15, 0.2) is 35.1 Å². The van der Waals surface area contributed by atoms with Gasteiger partial charge in [0, 0.05) is 55.9 Å². The predicted octanol–water partition coefficient (Wildman–Crippen LogP) is 2.06. The Kier molecular flexibility index (Phi) is 4.55. The van der Waals surface area contributed by atoms with Crippen molar-refractivity contribution in [1.29, 1.82) is 0 Å². The molecule has 0 radical (unpaired) electrons. The molecule has 1 saturated heterocycles. The Morgan fingerprint density at radius 2 is 2.15 bits per heavy atom. The molecule has 4 heterocycles. The second-order valence-electron chi connectivity index (χ2n) is 6.46. The van der Waals surface area contributed by atoms with Crippen LogP contribution in [0.5, 0.6) is 5.88 Å². The third-order valence-electron chi connectivity index (χ3n) is 4.92. The molecular weight excluding hydrogens is 334 g/mol. The number of piperidine rings is 1. The van der Waals surface area contributed by atoms with Gasteiger partial charge < -0.3 is 14.2 Å². The molecule has 3 aromatic heterocycles. The van der Waals surface area contributed by atoms with Crippen molar-refractivity contribution in [3.8, 4) is 5.88 Å². The van der Waals surface area contributed by atoms with Crippen LogP contribution in [0.1, 0.15) is 36.6 Å². The largest absolute Gasteiger partial charge is 0.479 e. The van der Waals surface area contributed by atoms with Crippen molar-refractivity contribution < 1.29 is 14.1 Å². The highest BCUT2D eigenvalue weighted by atomic mass is 16.5. The fourth-order valence-electron chi connectivity index (χ4n) is 3.48. The third kappa shape index (κ3) is 3.26. The van der Waals surface area contributed by atoms with Gasteiger partial charge in [-0.1, -0.05) is 0 Å². The van der Waals surface area contributed by atoms with Crippen molar-refractivity contribution in [2.24, 2.45) is 0 Å². The number of nitrogens with zero attached hydrogens (tertiary/aromatic N) is 5. The van der Waals surface area contributed by atoms with Crippen molar-refractivity contribution in [3.05, 3.63) is 42.0 Å². The molecule has 0 bridgehead atoms. The minimum atomic E-state index is 0.151. The molecule has 0 saturated carbocycles. The second kappa shape index (κ2) is 7.15. The van der Waals surface area contributed by atoms with Gasteiger partial charge in [0.25, 0.3) is 5.88 Å². The van der Waals surface area contributed by atoms with Crippen LogP contribution in [0.25, 0.3) is 5.65 Å². The van der Waals surface area contributed by atoms with Crippen LogP contribution in [0.4, 0.5) is 0 Å². The Morgan fingerprint density at radius 1 is 1.31 bits per heavy atom. The van der Waals surface area contributed by atoms with Gasteiger partial charge in [-0.15, -0.1) is 0 Å². The first kappa shape index (κ1) is 16.6. The Hall–Kier alpha value is -2.90. The van der Waals surface area contributed by atoms with E-state index in [9.17, 15) is 4.79 Å². The zero-order valence-electron chi connectivity index (χ0n) is 14.7. The van der Waals surface area contributed by atoms with E-state index >= 15 is 0 Å². The van der Waals surface area contributed by atoms with Gasteiger partial charge >= 0.3 is 0 Å². The molecule has 1 amide bonds. The highest BCUT2D eigenvalue weighted by Gasteiger charge is 2.25. The van der Waals surface area contributed by atoms with Gasteiger partial charge in [0.1, 0.15) is 5.76 Å². The van der Waals surface area contributed by atoms with E-state index in [0.717, 1.165) is 31.6 Å². The Labute approximate surface area is 150 Å². The van der Waals surface area contributed by atoms with Crippen LogP contribution in [-0.4, -0.2) is 50.8 Å². The normalized spacial score (nSPS) is 15.5. The number of amides is 1. The van der Waals surface area contributed by atoms with Crippen LogP contribution in [-0.2, 0) is 11.2 Å². The van der Waals surface area contributed by atoms with Crippen molar-refractivity contribution in [1.82, 2.24) is 24.7 Å². The van der Waals surface area contributed by atoms with E-state index in [4.69, 9.17) is 9.26 Å². The molecule has 136 valence electrons. The number of likely N-dealkylation sites (tertiary alicyclic amines) is 1. The zero-order chi connectivity index (χ0) is 17.9. The molecule has 3 aromatic rings. The number of hydrogen-bond donors (Lipinski definition) is 0. The average molecular weight is 355 g/mol. The van der Waals surface area contributed by atoms with Crippen molar-refractivity contribution in [2.45, 2.75) is 31.6 Å². The summed E-state index contributed by atoms with van der Waals surface area (Å²) in [5.41, 5.74) is 2.03. The van der Waals surface area contributed by atoms with Gasteiger partial charge in [0.2, 0.25) is 5.91 Å². The van der Waals surface area contributed by atoms with E-state index in [1.54, 1.807) is 12.3 Å². The Bertz CT molecular complexity index is 895. The molecule has 1 aliphatic heterocycles. The highest BCUT2D eigenvalue weighted by Crippen LogP contribution is 2.28. The van der Waals surface area contributed by atoms with E-state index < -0.39 is 0 Å². The summed E-state index contributed by atoms with van der Waals surface area (Å²) in [6, 6.07) is 5.65. The van der Waals surface area contributed by atoms with Crippen molar-refractivity contribution in [3.63, 3.8) is 0 Å². The fraction of sp³-hybridized carbons (Fsp3) is 0.444. The monoisotopic (exact) mass is 355 g/mol. The van der Waals surface area contributed by atoms with Gasteiger partial charge in [-0.3, -0.25) is 4.79 Å². The van der Waals surface area contributed by atoms with Crippen LogP contribution in [0, 0.1) is 0 Å². The smallest absolute Gasteiger partial charge is 0.254 e. The molecule has 0 aliphatic carbocycles. The standard InChI is InChI=1S/C18H21N5O3/c1-25-17-12-14(26-21-17)2-3-18(24)22-10-6-13(7-11-22)15-4-8-19-16-5-9-20-23(15)16/h4-5,8-9,12-13H,2-3,6-7,10-11H2,1H3. The topological polar surface area (TPSA) is 85.8 Å². The maximum absolute atomic E-state index is 12.5. The zero-order valence-corrected chi connectivity index (χ0v) is 14.7. The number of ether oxygens (including phenoxy) is 1. The fourth-order valence-corrected chi connectivity index (χ4v) is 3.48. The summed E-state index contributed by atoms with van der Waals surface area (Å²) in [6.45, 7) is 1.52. The molecule has 8 heteroatoms. The number of rotatable bonds is 5. The summed E-state index contributed by atoms with van der Waals surface area (Å²) in [6.07, 6.45) is 6.41. The van der Waals surface area contributed by atoms with E-state index in [0.29, 0.717) is 30.4 Å². The van der Waals surface area contributed by atoms with Crippen LogP contribution >= 0.6 is 0 Å². The number of aromatic nitrogens is 4. The highest BCUT2D eigenvalue weighted by molar-refractivity contribution is 5.76. The first-order valence-corrected chi connectivity index (χ1v) is 8.80. The van der Waals surface area contributed by atoms with E-state index in [-0.39, 0.29) is 5.91 Å². The minimum Gasteiger partial charge on any atom is -0.479 e. The lowest BCUT2D eigenvalue weighted by atomic mass is 9.93. The van der Waals surface area contributed by atoms with Gasteiger partial charge in [-0.05, 0) is 24.1 Å². The first-order valence-electron chi connectivity index (χ1n) is 8.80. The second-order valence-corrected chi connectivity index (χ2v) is 6.46. The molecule has 4 rings (SSSR count). The summed E-state index contributed by atoms with van der Waals surface area (Å²) >= 11 is 0. The van der Waals surface area contributed by atoms with Gasteiger partial charge in [-0.2, -0.15) is 5.10 Å². The molecule has 0 aromatic carbocycles. The maximum atomic E-state index is 12.5. The van der Waals surface area contributed by atoms with Crippen LogP contribution in [0.3, 0.4) is 0 Å². The minimum absolute atomic E-state index is 0.151. The lowest BCUT2D eigenvalue weighted by molar-refractivity contribution is -0.132. The van der Waals surface area contributed by atoms with Gasteiger partial charge in [0.15, 0.2) is 5.65 Å². The maximum Gasteiger partial charge on any atom is 0.254 e. The number of fused-ring (bicyclic) bond motifs is 1. The number of carbonyl (C=O) groups is 1. The first-order chi connectivity index (χ1) is 12.7. The summed E-state index contributed by atoms with van der Waals surface area (Å²) < 4.78 is 12.0. The lowest BCUT2D eigenvalue weighted by Crippen LogP contribution is -2.38. The number of carbonyl (C=O) groups excluding carboxylic acids is 1. The molecule has 8 nitrogen and oxygen atoms in total. The van der Waals surface area contributed by atoms with Crippen LogP contribution < -0.4 is 4.74 Å². The molecule has 26 heavy (non-hydrogen) atoms. The Balaban J connectivity index is 1.33. The quantitative estimate of drug-likeness (QED) is 0.696. The van der Waals surface area contributed by atoms with Gasteiger partial charge in [-0.25, -0.2) is 9.50 Å². The van der Waals surface area contributed by atoms with Crippen molar-refractivity contribution in [2.75, 3.05) is 20.2 Å². The predicted molar refractivity (Wildman–Crippen MR) is 92.9 cm³/mol. The molecule has 0 spiro atoms. The summed E-state index contributed by atoms with van der Waals surface area (Å²) in [5.74, 6) is 1.65. The third-order valence-corrected chi connectivity index (χ3v) is 4.92. The van der Waals surface area contributed by atoms with Crippen molar-refractivity contribution >= 4 is 11.6 Å². The lowest BCUT2D eigenvalue weighted by Gasteiger charge is -2.32. The van der Waals surface area contributed by atoms with E-state index in [1.165, 1.54) is 12.8 Å². The number of hydrogen-bond acceptors (Lipinski definition) is 6. The molecule has 0 unspecified atom stereocenters. The molecule has 1 aliphatic rings. The number of methoxy groups -OCH3 is 1. The van der Waals surface area contributed by atoms with Crippen LogP contribution in [0.2, 0.25) is 0 Å².